The smallest absolute Gasteiger partial charge is 0.264 e. The van der Waals surface area contributed by atoms with Crippen LogP contribution in [0.1, 0.15) is 28.4 Å². The van der Waals surface area contributed by atoms with E-state index < -0.39 is 26.8 Å². The monoisotopic (exact) mass is 481 g/mol. The molecule has 0 spiro atoms. The van der Waals surface area contributed by atoms with Crippen molar-refractivity contribution in [2.45, 2.75) is 35.7 Å². The lowest BCUT2D eigenvalue weighted by atomic mass is 9.79. The number of hydrogen-bond acceptors (Lipinski definition) is 4. The summed E-state index contributed by atoms with van der Waals surface area (Å²) in [5.41, 5.74) is 2.91. The maximum atomic E-state index is 12.0. The Labute approximate surface area is 173 Å². The topological polar surface area (TPSA) is 70.2 Å². The Balaban J connectivity index is 2.32. The zero-order valence-corrected chi connectivity index (χ0v) is 17.9. The van der Waals surface area contributed by atoms with Crippen LogP contribution in [-0.2, 0) is 7.05 Å². The highest BCUT2D eigenvalue weighted by Crippen LogP contribution is 2.49. The number of aryl methyl sites for hydroxylation is 2. The summed E-state index contributed by atoms with van der Waals surface area (Å²) in [6.07, 6.45) is -1.25. The second-order valence-electron chi connectivity index (χ2n) is 6.22. The normalized spacial score (nSPS) is 22.7. The third kappa shape index (κ3) is 3.30. The van der Waals surface area contributed by atoms with Gasteiger partial charge in [-0.2, -0.15) is 5.10 Å². The molecule has 3 unspecified atom stereocenters. The summed E-state index contributed by atoms with van der Waals surface area (Å²) in [5.74, 6) is -0.212. The molecule has 3 rings (SSSR count). The highest BCUT2D eigenvalue weighted by atomic mass is 79.9. The van der Waals surface area contributed by atoms with E-state index in [9.17, 15) is 10.1 Å². The van der Waals surface area contributed by atoms with Gasteiger partial charge in [0.2, 0.25) is 9.90 Å². The summed E-state index contributed by atoms with van der Waals surface area (Å²) >= 11 is 21.6. The van der Waals surface area contributed by atoms with Crippen LogP contribution in [0.2, 0.25) is 0 Å². The molecule has 1 aliphatic heterocycles. The summed E-state index contributed by atoms with van der Waals surface area (Å²) in [6.45, 7) is 3.68. The second-order valence-corrected chi connectivity index (χ2v) is 9.51. The first-order valence-corrected chi connectivity index (χ1v) is 9.61. The summed E-state index contributed by atoms with van der Waals surface area (Å²) < 4.78 is 6.28. The van der Waals surface area contributed by atoms with Gasteiger partial charge in [-0.3, -0.25) is 14.8 Å². The Morgan fingerprint density at radius 2 is 2.00 bits per heavy atom. The lowest BCUT2D eigenvalue weighted by Crippen LogP contribution is -2.52. The molecule has 6 nitrogen and oxygen atoms in total. The lowest BCUT2D eigenvalue weighted by molar-refractivity contribution is -0.537. The Morgan fingerprint density at radius 1 is 1.35 bits per heavy atom. The molecule has 0 aliphatic carbocycles. The van der Waals surface area contributed by atoms with E-state index in [1.165, 1.54) is 0 Å². The Morgan fingerprint density at radius 3 is 2.50 bits per heavy atom. The van der Waals surface area contributed by atoms with Crippen molar-refractivity contribution in [1.29, 1.82) is 0 Å². The van der Waals surface area contributed by atoms with Crippen molar-refractivity contribution in [3.8, 4) is 5.75 Å². The number of nitro groups is 1. The van der Waals surface area contributed by atoms with Crippen LogP contribution in [0.3, 0.4) is 0 Å². The van der Waals surface area contributed by atoms with Crippen LogP contribution >= 0.6 is 50.7 Å². The van der Waals surface area contributed by atoms with Crippen LogP contribution in [0.25, 0.3) is 0 Å². The molecule has 1 aromatic heterocycles. The van der Waals surface area contributed by atoms with E-state index in [0.29, 0.717) is 17.0 Å². The fourth-order valence-electron chi connectivity index (χ4n) is 3.49. The van der Waals surface area contributed by atoms with Crippen molar-refractivity contribution in [2.75, 3.05) is 0 Å². The van der Waals surface area contributed by atoms with Gasteiger partial charge in [0, 0.05) is 33.3 Å². The molecular formula is C16H15BrCl3N3O3. The lowest BCUT2D eigenvalue weighted by Gasteiger charge is -2.37. The van der Waals surface area contributed by atoms with E-state index in [1.807, 2.05) is 13.8 Å². The molecule has 0 saturated carbocycles. The molecule has 0 bridgehead atoms. The quantitative estimate of drug-likeness (QED) is 0.353. The van der Waals surface area contributed by atoms with Crippen LogP contribution in [-0.4, -0.2) is 30.6 Å². The summed E-state index contributed by atoms with van der Waals surface area (Å²) in [6, 6.07) is 4.01. The van der Waals surface area contributed by atoms with E-state index in [0.717, 1.165) is 15.7 Å². The summed E-state index contributed by atoms with van der Waals surface area (Å²) in [4.78, 5) is 11.6. The molecule has 0 radical (unpaired) electrons. The number of ether oxygens (including phenoxy) is 1. The highest BCUT2D eigenvalue weighted by Gasteiger charge is 2.56. The van der Waals surface area contributed by atoms with Gasteiger partial charge in [0.1, 0.15) is 5.75 Å². The number of benzene rings is 1. The zero-order valence-electron chi connectivity index (χ0n) is 14.0. The maximum Gasteiger partial charge on any atom is 0.264 e. The minimum atomic E-state index is -1.97. The van der Waals surface area contributed by atoms with Gasteiger partial charge in [0.15, 0.2) is 0 Å². The molecule has 3 atom stereocenters. The van der Waals surface area contributed by atoms with Crippen molar-refractivity contribution in [2.24, 2.45) is 7.05 Å². The first kappa shape index (κ1) is 19.7. The molecule has 1 aromatic carbocycles. The van der Waals surface area contributed by atoms with E-state index >= 15 is 0 Å². The third-order valence-corrected chi connectivity index (χ3v) is 5.79. The van der Waals surface area contributed by atoms with Crippen LogP contribution in [0, 0.1) is 24.0 Å². The molecule has 0 amide bonds. The number of aromatic nitrogens is 2. The van der Waals surface area contributed by atoms with Crippen LogP contribution in [0.15, 0.2) is 22.7 Å². The maximum absolute atomic E-state index is 12.0. The van der Waals surface area contributed by atoms with Crippen LogP contribution in [0.5, 0.6) is 5.75 Å². The predicted octanol–water partition coefficient (Wildman–Crippen LogP) is 4.71. The van der Waals surface area contributed by atoms with Crippen molar-refractivity contribution in [3.63, 3.8) is 0 Å². The molecule has 1 aliphatic rings. The predicted molar refractivity (Wildman–Crippen MR) is 104 cm³/mol. The molecule has 10 heteroatoms. The molecule has 0 saturated heterocycles. The van der Waals surface area contributed by atoms with Gasteiger partial charge in [0.05, 0.1) is 11.6 Å². The minimum absolute atomic E-state index is 0.438. The molecule has 2 aromatic rings. The van der Waals surface area contributed by atoms with Gasteiger partial charge < -0.3 is 4.74 Å². The van der Waals surface area contributed by atoms with Gasteiger partial charge in [-0.15, -0.1) is 0 Å². The first-order chi connectivity index (χ1) is 12.0. The Bertz CT molecular complexity index is 882. The van der Waals surface area contributed by atoms with Crippen LogP contribution < -0.4 is 4.74 Å². The summed E-state index contributed by atoms with van der Waals surface area (Å²) in [5, 5.41) is 16.4. The van der Waals surface area contributed by atoms with E-state index in [-0.39, 0.29) is 0 Å². The molecule has 2 heterocycles. The second kappa shape index (κ2) is 6.86. The molecule has 140 valence electrons. The van der Waals surface area contributed by atoms with Gasteiger partial charge in [-0.1, -0.05) is 50.7 Å². The van der Waals surface area contributed by atoms with Gasteiger partial charge in [-0.25, -0.2) is 0 Å². The number of rotatable bonds is 2. The number of nitrogens with zero attached hydrogens (tertiary/aromatic N) is 3. The SMILES string of the molecule is Cc1nn(C)c(C)c1C1c2cc(Br)ccc2OC(C(Cl)(Cl)Cl)C1[N+](=O)[O-]. The average Bonchev–Trinajstić information content (AvgIpc) is 2.77. The van der Waals surface area contributed by atoms with Gasteiger partial charge in [-0.05, 0) is 32.0 Å². The summed E-state index contributed by atoms with van der Waals surface area (Å²) in [7, 11) is 1.79. The standard InChI is InChI=1S/C16H15BrCl3N3O3/c1-7-12(8(2)22(3)21-7)13-10-6-9(17)4-5-11(10)26-15(16(18,19)20)14(13)23(24)25/h4-6,13-15H,1-3H3. The largest absolute Gasteiger partial charge is 0.478 e. The zero-order chi connectivity index (χ0) is 19.4. The Kier molecular flexibility index (Phi) is 5.20. The van der Waals surface area contributed by atoms with E-state index in [1.54, 1.807) is 29.9 Å². The number of halogens is 4. The van der Waals surface area contributed by atoms with Crippen molar-refractivity contribution in [1.82, 2.24) is 9.78 Å². The molecule has 26 heavy (non-hydrogen) atoms. The van der Waals surface area contributed by atoms with Gasteiger partial charge >= 0.3 is 0 Å². The fourth-order valence-corrected chi connectivity index (χ4v) is 4.39. The average molecular weight is 484 g/mol. The number of alkyl halides is 3. The number of fused-ring (bicyclic) bond motifs is 1. The van der Waals surface area contributed by atoms with E-state index in [4.69, 9.17) is 39.5 Å². The van der Waals surface area contributed by atoms with Crippen molar-refractivity contribution >= 4 is 50.7 Å². The minimum Gasteiger partial charge on any atom is -0.478 e. The molecule has 0 fully saturated rings. The number of hydrogen-bond donors (Lipinski definition) is 0. The van der Waals surface area contributed by atoms with Gasteiger partial charge in [0.25, 0.3) is 6.04 Å². The third-order valence-electron chi connectivity index (χ3n) is 4.65. The Hall–Kier alpha value is -1.02. The van der Waals surface area contributed by atoms with Crippen molar-refractivity contribution in [3.05, 3.63) is 55.3 Å². The first-order valence-electron chi connectivity index (χ1n) is 7.68. The molecule has 0 N–H and O–H groups in total. The molecular weight excluding hydrogens is 468 g/mol. The fraction of sp³-hybridized carbons (Fsp3) is 0.438. The van der Waals surface area contributed by atoms with Crippen LogP contribution in [0.4, 0.5) is 0 Å². The van der Waals surface area contributed by atoms with Crippen molar-refractivity contribution < 1.29 is 9.66 Å². The van der Waals surface area contributed by atoms with E-state index in [2.05, 4.69) is 21.0 Å². The highest BCUT2D eigenvalue weighted by molar-refractivity contribution is 9.10.